The average molecular weight is 316 g/mol. The summed E-state index contributed by atoms with van der Waals surface area (Å²) in [6.45, 7) is 0. The summed E-state index contributed by atoms with van der Waals surface area (Å²) in [5.41, 5.74) is 1.87. The maximum absolute atomic E-state index is 6.09. The lowest BCUT2D eigenvalue weighted by atomic mass is 10.2. The largest absolute Gasteiger partial charge is 0.373 e. The average Bonchev–Trinajstić information content (AvgIpc) is 2.53. The smallest absolute Gasteiger partial charge is 0.163 e. The third-order valence-electron chi connectivity index (χ3n) is 3.24. The molecule has 0 aliphatic heterocycles. The zero-order valence-electron chi connectivity index (χ0n) is 11.7. The Morgan fingerprint density at radius 2 is 1.90 bits per heavy atom. The minimum absolute atomic E-state index is 0.673. The second-order valence-corrected chi connectivity index (χ2v) is 5.79. The van der Waals surface area contributed by atoms with Crippen LogP contribution in [0.5, 0.6) is 0 Å². The molecule has 1 aromatic heterocycles. The molecule has 0 radical (unpaired) electrons. The Labute approximate surface area is 132 Å². The lowest BCUT2D eigenvalue weighted by Gasteiger charge is -2.10. The van der Waals surface area contributed by atoms with Gasteiger partial charge in [0.05, 0.1) is 5.52 Å². The van der Waals surface area contributed by atoms with Crippen molar-refractivity contribution in [1.82, 2.24) is 9.97 Å². The van der Waals surface area contributed by atoms with Crippen LogP contribution in [0.3, 0.4) is 0 Å². The van der Waals surface area contributed by atoms with Crippen molar-refractivity contribution in [1.29, 1.82) is 0 Å². The van der Waals surface area contributed by atoms with Gasteiger partial charge in [-0.15, -0.1) is 11.8 Å². The number of nitrogens with zero attached hydrogens (tertiary/aromatic N) is 2. The van der Waals surface area contributed by atoms with Crippen molar-refractivity contribution < 1.29 is 0 Å². The van der Waals surface area contributed by atoms with Crippen molar-refractivity contribution >= 4 is 40.1 Å². The van der Waals surface area contributed by atoms with Gasteiger partial charge in [-0.3, -0.25) is 0 Å². The van der Waals surface area contributed by atoms with E-state index < -0.39 is 0 Å². The molecule has 0 aliphatic rings. The van der Waals surface area contributed by atoms with Gasteiger partial charge in [0, 0.05) is 27.9 Å². The third-order valence-corrected chi connectivity index (χ3v) is 4.27. The molecule has 0 aliphatic carbocycles. The van der Waals surface area contributed by atoms with E-state index in [1.807, 2.05) is 43.4 Å². The normalized spacial score (nSPS) is 10.8. The van der Waals surface area contributed by atoms with Gasteiger partial charge in [0.2, 0.25) is 0 Å². The Morgan fingerprint density at radius 3 is 2.67 bits per heavy atom. The summed E-state index contributed by atoms with van der Waals surface area (Å²) in [6, 6.07) is 13.8. The molecule has 0 saturated heterocycles. The molecule has 0 atom stereocenters. The topological polar surface area (TPSA) is 37.8 Å². The summed E-state index contributed by atoms with van der Waals surface area (Å²) in [6.07, 6.45) is 2.05. The summed E-state index contributed by atoms with van der Waals surface area (Å²) >= 11 is 7.77. The Hall–Kier alpha value is -1.78. The molecule has 21 heavy (non-hydrogen) atoms. The van der Waals surface area contributed by atoms with E-state index in [-0.39, 0.29) is 0 Å². The lowest BCUT2D eigenvalue weighted by molar-refractivity contribution is 1.19. The first-order chi connectivity index (χ1) is 10.2. The van der Waals surface area contributed by atoms with Crippen molar-refractivity contribution in [2.45, 2.75) is 4.90 Å². The van der Waals surface area contributed by atoms with E-state index >= 15 is 0 Å². The molecule has 3 aromatic rings. The molecule has 5 heteroatoms. The number of anilines is 1. The van der Waals surface area contributed by atoms with Gasteiger partial charge in [0.15, 0.2) is 5.82 Å². The van der Waals surface area contributed by atoms with Gasteiger partial charge in [0.1, 0.15) is 5.82 Å². The monoisotopic (exact) mass is 315 g/mol. The second kappa shape index (κ2) is 5.92. The number of halogens is 1. The molecule has 0 spiro atoms. The van der Waals surface area contributed by atoms with Gasteiger partial charge < -0.3 is 5.32 Å². The molecule has 1 N–H and O–H groups in total. The Bertz CT molecular complexity index is 805. The highest BCUT2D eigenvalue weighted by Gasteiger charge is 2.11. The Morgan fingerprint density at radius 1 is 1.10 bits per heavy atom. The van der Waals surface area contributed by atoms with Crippen LogP contribution in [0.2, 0.25) is 5.02 Å². The van der Waals surface area contributed by atoms with Crippen LogP contribution in [0, 0.1) is 0 Å². The van der Waals surface area contributed by atoms with Gasteiger partial charge in [0.25, 0.3) is 0 Å². The molecular weight excluding hydrogens is 302 g/mol. The number of nitrogens with one attached hydrogen (secondary N) is 1. The zero-order valence-corrected chi connectivity index (χ0v) is 13.3. The van der Waals surface area contributed by atoms with E-state index in [4.69, 9.17) is 11.6 Å². The minimum atomic E-state index is 0.673. The second-order valence-electron chi connectivity index (χ2n) is 4.51. The van der Waals surface area contributed by atoms with Crippen LogP contribution in [-0.4, -0.2) is 23.3 Å². The van der Waals surface area contributed by atoms with E-state index in [9.17, 15) is 0 Å². The van der Waals surface area contributed by atoms with E-state index in [0.29, 0.717) is 10.8 Å². The predicted molar refractivity (Wildman–Crippen MR) is 91.3 cm³/mol. The standard InChI is InChI=1S/C16H14ClN3S/c1-18-15-11-8-7-10(17)9-13(11)19-16(20-15)12-5-3-4-6-14(12)21-2/h3-9H,1-2H3,(H,18,19,20). The molecule has 0 amide bonds. The van der Waals surface area contributed by atoms with Crippen molar-refractivity contribution in [3.05, 3.63) is 47.5 Å². The summed E-state index contributed by atoms with van der Waals surface area (Å²) in [5.74, 6) is 1.52. The first kappa shape index (κ1) is 14.2. The van der Waals surface area contributed by atoms with Crippen LogP contribution >= 0.6 is 23.4 Å². The maximum Gasteiger partial charge on any atom is 0.163 e. The molecule has 3 rings (SSSR count). The van der Waals surface area contributed by atoms with Crippen molar-refractivity contribution in [3.8, 4) is 11.4 Å². The molecule has 0 bridgehead atoms. The quantitative estimate of drug-likeness (QED) is 0.710. The predicted octanol–water partition coefficient (Wildman–Crippen LogP) is 4.71. The highest BCUT2D eigenvalue weighted by atomic mass is 35.5. The van der Waals surface area contributed by atoms with E-state index in [1.54, 1.807) is 11.8 Å². The highest BCUT2D eigenvalue weighted by molar-refractivity contribution is 7.98. The minimum Gasteiger partial charge on any atom is -0.373 e. The molecule has 0 unspecified atom stereocenters. The summed E-state index contributed by atoms with van der Waals surface area (Å²) < 4.78 is 0. The Balaban J connectivity index is 2.28. The molecule has 0 fully saturated rings. The molecule has 0 saturated carbocycles. The van der Waals surface area contributed by atoms with Crippen molar-refractivity contribution in [3.63, 3.8) is 0 Å². The van der Waals surface area contributed by atoms with Crippen LogP contribution in [-0.2, 0) is 0 Å². The molecule has 3 nitrogen and oxygen atoms in total. The fourth-order valence-corrected chi connectivity index (χ4v) is 3.00. The van der Waals surface area contributed by atoms with Gasteiger partial charge in [-0.05, 0) is 30.5 Å². The number of rotatable bonds is 3. The number of benzene rings is 2. The highest BCUT2D eigenvalue weighted by Crippen LogP contribution is 2.31. The fraction of sp³-hybridized carbons (Fsp3) is 0.125. The number of aromatic nitrogens is 2. The molecular formula is C16H14ClN3S. The van der Waals surface area contributed by atoms with Crippen LogP contribution < -0.4 is 5.32 Å². The van der Waals surface area contributed by atoms with Crippen LogP contribution in [0.4, 0.5) is 5.82 Å². The van der Waals surface area contributed by atoms with Crippen LogP contribution in [0.15, 0.2) is 47.4 Å². The van der Waals surface area contributed by atoms with Crippen LogP contribution in [0.25, 0.3) is 22.3 Å². The first-order valence-corrected chi connectivity index (χ1v) is 8.11. The number of fused-ring (bicyclic) bond motifs is 1. The fourth-order valence-electron chi connectivity index (χ4n) is 2.24. The summed E-state index contributed by atoms with van der Waals surface area (Å²) in [5, 5.41) is 4.77. The maximum atomic E-state index is 6.09. The molecule has 2 aromatic carbocycles. The van der Waals surface area contributed by atoms with Crippen molar-refractivity contribution in [2.24, 2.45) is 0 Å². The molecule has 1 heterocycles. The first-order valence-electron chi connectivity index (χ1n) is 6.51. The number of thioether (sulfide) groups is 1. The Kier molecular flexibility index (Phi) is 3.99. The van der Waals surface area contributed by atoms with E-state index in [1.165, 1.54) is 0 Å². The SMILES string of the molecule is CNc1nc(-c2ccccc2SC)nc2cc(Cl)ccc12. The summed E-state index contributed by atoms with van der Waals surface area (Å²) in [4.78, 5) is 10.5. The van der Waals surface area contributed by atoms with Gasteiger partial charge in [-0.1, -0.05) is 29.8 Å². The van der Waals surface area contributed by atoms with Gasteiger partial charge >= 0.3 is 0 Å². The van der Waals surface area contributed by atoms with Gasteiger partial charge in [-0.25, -0.2) is 9.97 Å². The number of hydrogen-bond donors (Lipinski definition) is 1. The third kappa shape index (κ3) is 2.69. The van der Waals surface area contributed by atoms with Crippen LogP contribution in [0.1, 0.15) is 0 Å². The number of hydrogen-bond acceptors (Lipinski definition) is 4. The summed E-state index contributed by atoms with van der Waals surface area (Å²) in [7, 11) is 1.86. The zero-order chi connectivity index (χ0) is 14.8. The molecule has 106 valence electrons. The van der Waals surface area contributed by atoms with Gasteiger partial charge in [-0.2, -0.15) is 0 Å². The lowest BCUT2D eigenvalue weighted by Crippen LogP contribution is -1.99. The van der Waals surface area contributed by atoms with Crippen molar-refractivity contribution in [2.75, 3.05) is 18.6 Å². The van der Waals surface area contributed by atoms with E-state index in [2.05, 4.69) is 27.6 Å². The van der Waals surface area contributed by atoms with E-state index in [0.717, 1.165) is 27.2 Å².